The molecule has 0 unspecified atom stereocenters. The molecular weight excluding hydrogens is 328 g/mol. The summed E-state index contributed by atoms with van der Waals surface area (Å²) in [5.74, 6) is 0. The van der Waals surface area contributed by atoms with E-state index in [0.29, 0.717) is 6.54 Å². The number of fused-ring (bicyclic) bond motifs is 1. The first-order chi connectivity index (χ1) is 12.8. The van der Waals surface area contributed by atoms with Gasteiger partial charge in [0.1, 0.15) is 6.33 Å². The second-order valence-electron chi connectivity index (χ2n) is 6.35. The summed E-state index contributed by atoms with van der Waals surface area (Å²) in [6.07, 6.45) is 2.39. The minimum Gasteiger partial charge on any atom is -0.378 e. The summed E-state index contributed by atoms with van der Waals surface area (Å²) in [6, 6.07) is 16.0. The predicted molar refractivity (Wildman–Crippen MR) is 102 cm³/mol. The van der Waals surface area contributed by atoms with Crippen LogP contribution in [0.4, 0.5) is 10.5 Å². The summed E-state index contributed by atoms with van der Waals surface area (Å²) >= 11 is 0. The van der Waals surface area contributed by atoms with Gasteiger partial charge in [-0.3, -0.25) is 4.57 Å². The van der Waals surface area contributed by atoms with Crippen molar-refractivity contribution in [1.29, 1.82) is 0 Å². The molecule has 0 aliphatic carbocycles. The van der Waals surface area contributed by atoms with Crippen LogP contribution in [0.25, 0.3) is 11.0 Å². The third-order valence-corrected chi connectivity index (χ3v) is 4.66. The molecule has 134 valence electrons. The van der Waals surface area contributed by atoms with Crippen LogP contribution in [0.5, 0.6) is 0 Å². The molecule has 1 saturated heterocycles. The monoisotopic (exact) mass is 350 g/mol. The molecular formula is C20H22N4O2. The van der Waals surface area contributed by atoms with Gasteiger partial charge in [0.05, 0.1) is 24.2 Å². The van der Waals surface area contributed by atoms with Gasteiger partial charge in [0.25, 0.3) is 0 Å². The molecule has 0 spiro atoms. The quantitative estimate of drug-likeness (QED) is 0.786. The molecule has 0 saturated carbocycles. The molecule has 1 N–H and O–H groups in total. The number of aromatic nitrogens is 2. The molecule has 0 atom stereocenters. The zero-order valence-corrected chi connectivity index (χ0v) is 14.6. The van der Waals surface area contributed by atoms with E-state index in [4.69, 9.17) is 4.74 Å². The van der Waals surface area contributed by atoms with E-state index < -0.39 is 0 Å². The average molecular weight is 350 g/mol. The van der Waals surface area contributed by atoms with Crippen molar-refractivity contribution < 1.29 is 9.53 Å². The van der Waals surface area contributed by atoms with Crippen molar-refractivity contribution in [3.05, 3.63) is 60.4 Å². The van der Waals surface area contributed by atoms with E-state index in [0.717, 1.165) is 49.4 Å². The van der Waals surface area contributed by atoms with E-state index >= 15 is 0 Å². The highest BCUT2D eigenvalue weighted by Gasteiger charge is 2.15. The molecule has 26 heavy (non-hydrogen) atoms. The van der Waals surface area contributed by atoms with Crippen LogP contribution in [0.3, 0.4) is 0 Å². The lowest BCUT2D eigenvalue weighted by Gasteiger charge is -2.28. The molecule has 3 aromatic rings. The van der Waals surface area contributed by atoms with Crippen LogP contribution in [0.1, 0.15) is 5.56 Å². The van der Waals surface area contributed by atoms with Gasteiger partial charge in [-0.05, 0) is 30.2 Å². The number of amides is 1. The van der Waals surface area contributed by atoms with Crippen LogP contribution < -0.4 is 10.2 Å². The fraction of sp³-hybridized carbons (Fsp3) is 0.300. The van der Waals surface area contributed by atoms with Gasteiger partial charge in [-0.15, -0.1) is 0 Å². The molecule has 4 rings (SSSR count). The predicted octanol–water partition coefficient (Wildman–Crippen LogP) is 2.67. The SMILES string of the molecule is O=C(NCCc1ccccc1)n1cnc2ccc(N3CCOCC3)cc21. The standard InChI is InChI=1S/C20H22N4O2/c25-20(21-9-8-16-4-2-1-3-5-16)24-15-22-18-7-6-17(14-19(18)24)23-10-12-26-13-11-23/h1-7,14-15H,8-13H2,(H,21,25). The molecule has 1 aliphatic rings. The number of rotatable bonds is 4. The number of morpholine rings is 1. The zero-order valence-electron chi connectivity index (χ0n) is 14.6. The Kier molecular flexibility index (Phi) is 4.84. The topological polar surface area (TPSA) is 59.4 Å². The maximum Gasteiger partial charge on any atom is 0.327 e. The number of hydrogen-bond acceptors (Lipinski definition) is 4. The van der Waals surface area contributed by atoms with E-state index in [1.807, 2.05) is 30.3 Å². The third kappa shape index (κ3) is 3.55. The number of carbonyl (C=O) groups excluding carboxylic acids is 1. The Balaban J connectivity index is 1.47. The fourth-order valence-electron chi connectivity index (χ4n) is 3.22. The van der Waals surface area contributed by atoms with Crippen molar-refractivity contribution in [2.24, 2.45) is 0 Å². The lowest BCUT2D eigenvalue weighted by atomic mass is 10.1. The summed E-state index contributed by atoms with van der Waals surface area (Å²) in [7, 11) is 0. The Labute approximate surface area is 152 Å². The number of hydrogen-bond donors (Lipinski definition) is 1. The molecule has 1 fully saturated rings. The molecule has 1 aliphatic heterocycles. The molecule has 2 aromatic carbocycles. The highest BCUT2D eigenvalue weighted by Crippen LogP contribution is 2.22. The molecule has 1 amide bonds. The summed E-state index contributed by atoms with van der Waals surface area (Å²) in [5.41, 5.74) is 3.95. The number of ether oxygens (including phenoxy) is 1. The second kappa shape index (κ2) is 7.58. The van der Waals surface area contributed by atoms with Crippen LogP contribution in [0, 0.1) is 0 Å². The van der Waals surface area contributed by atoms with E-state index in [1.54, 1.807) is 10.9 Å². The largest absolute Gasteiger partial charge is 0.378 e. The summed E-state index contributed by atoms with van der Waals surface area (Å²) in [6.45, 7) is 3.78. The van der Waals surface area contributed by atoms with E-state index in [2.05, 4.69) is 33.4 Å². The molecule has 2 heterocycles. The maximum atomic E-state index is 12.6. The van der Waals surface area contributed by atoms with E-state index in [1.165, 1.54) is 5.56 Å². The summed E-state index contributed by atoms with van der Waals surface area (Å²) < 4.78 is 7.00. The Hall–Kier alpha value is -2.86. The van der Waals surface area contributed by atoms with Crippen molar-refractivity contribution in [2.45, 2.75) is 6.42 Å². The number of imidazole rings is 1. The van der Waals surface area contributed by atoms with Gasteiger partial charge in [0, 0.05) is 25.3 Å². The normalized spacial score (nSPS) is 14.5. The summed E-state index contributed by atoms with van der Waals surface area (Å²) in [4.78, 5) is 19.2. The lowest BCUT2D eigenvalue weighted by molar-refractivity contribution is 0.122. The van der Waals surface area contributed by atoms with Crippen molar-refractivity contribution in [1.82, 2.24) is 14.9 Å². The van der Waals surface area contributed by atoms with Gasteiger partial charge in [-0.2, -0.15) is 0 Å². The first-order valence-electron chi connectivity index (χ1n) is 8.93. The first-order valence-corrected chi connectivity index (χ1v) is 8.93. The van der Waals surface area contributed by atoms with Gasteiger partial charge in [-0.1, -0.05) is 30.3 Å². The van der Waals surface area contributed by atoms with Crippen LogP contribution >= 0.6 is 0 Å². The maximum absolute atomic E-state index is 12.6. The van der Waals surface area contributed by atoms with Gasteiger partial charge >= 0.3 is 6.03 Å². The Bertz CT molecular complexity index is 885. The van der Waals surface area contributed by atoms with Crippen LogP contribution in [0.2, 0.25) is 0 Å². The summed E-state index contributed by atoms with van der Waals surface area (Å²) in [5, 5.41) is 2.98. The van der Waals surface area contributed by atoms with Crippen LogP contribution in [-0.2, 0) is 11.2 Å². The van der Waals surface area contributed by atoms with E-state index in [-0.39, 0.29) is 6.03 Å². The number of anilines is 1. The van der Waals surface area contributed by atoms with Crippen molar-refractivity contribution in [2.75, 3.05) is 37.7 Å². The first kappa shape index (κ1) is 16.6. The molecule has 0 radical (unpaired) electrons. The Morgan fingerprint density at radius 1 is 1.12 bits per heavy atom. The molecule has 1 aromatic heterocycles. The lowest BCUT2D eigenvalue weighted by Crippen LogP contribution is -2.36. The van der Waals surface area contributed by atoms with Crippen LogP contribution in [0.15, 0.2) is 54.9 Å². The number of nitrogens with zero attached hydrogens (tertiary/aromatic N) is 3. The highest BCUT2D eigenvalue weighted by atomic mass is 16.5. The zero-order chi connectivity index (χ0) is 17.8. The number of benzene rings is 2. The molecule has 0 bridgehead atoms. The van der Waals surface area contributed by atoms with Gasteiger partial charge in [-0.25, -0.2) is 9.78 Å². The smallest absolute Gasteiger partial charge is 0.327 e. The number of carbonyl (C=O) groups is 1. The Morgan fingerprint density at radius 3 is 2.73 bits per heavy atom. The average Bonchev–Trinajstić information content (AvgIpc) is 3.13. The highest BCUT2D eigenvalue weighted by molar-refractivity contribution is 5.90. The van der Waals surface area contributed by atoms with E-state index in [9.17, 15) is 4.79 Å². The van der Waals surface area contributed by atoms with Crippen LogP contribution in [-0.4, -0.2) is 48.4 Å². The fourth-order valence-corrected chi connectivity index (χ4v) is 3.22. The van der Waals surface area contributed by atoms with Crippen molar-refractivity contribution in [3.63, 3.8) is 0 Å². The molecule has 6 heteroatoms. The van der Waals surface area contributed by atoms with Crippen molar-refractivity contribution >= 4 is 22.8 Å². The molecule has 6 nitrogen and oxygen atoms in total. The minimum absolute atomic E-state index is 0.150. The van der Waals surface area contributed by atoms with Gasteiger partial charge in [0.2, 0.25) is 0 Å². The van der Waals surface area contributed by atoms with Gasteiger partial charge in [0.15, 0.2) is 0 Å². The van der Waals surface area contributed by atoms with Gasteiger partial charge < -0.3 is 15.0 Å². The Morgan fingerprint density at radius 2 is 1.92 bits per heavy atom. The van der Waals surface area contributed by atoms with Crippen molar-refractivity contribution in [3.8, 4) is 0 Å². The minimum atomic E-state index is -0.150. The second-order valence-corrected chi connectivity index (χ2v) is 6.35. The number of nitrogens with one attached hydrogen (secondary N) is 1. The third-order valence-electron chi connectivity index (χ3n) is 4.66.